The van der Waals surface area contributed by atoms with Crippen LogP contribution in [0.15, 0.2) is 57.9 Å². The van der Waals surface area contributed by atoms with Crippen molar-refractivity contribution in [2.24, 2.45) is 0 Å². The second-order valence-corrected chi connectivity index (χ2v) is 7.69. The fourth-order valence-corrected chi connectivity index (χ4v) is 3.24. The lowest BCUT2D eigenvalue weighted by atomic mass is 10.1. The highest BCUT2D eigenvalue weighted by atomic mass is 79.9. The van der Waals surface area contributed by atoms with Crippen molar-refractivity contribution in [3.05, 3.63) is 75.7 Å². The van der Waals surface area contributed by atoms with Crippen LogP contribution in [0.2, 0.25) is 5.02 Å². The van der Waals surface area contributed by atoms with Gasteiger partial charge in [-0.1, -0.05) is 17.7 Å². The van der Waals surface area contributed by atoms with Gasteiger partial charge in [-0.15, -0.1) is 0 Å². The topological polar surface area (TPSA) is 105 Å². The van der Waals surface area contributed by atoms with Gasteiger partial charge in [-0.3, -0.25) is 5.41 Å². The minimum Gasteiger partial charge on any atom is -0.401 e. The lowest BCUT2D eigenvalue weighted by Crippen LogP contribution is -2.11. The van der Waals surface area contributed by atoms with E-state index in [-0.39, 0.29) is 43.5 Å². The van der Waals surface area contributed by atoms with Gasteiger partial charge >= 0.3 is 11.8 Å². The Bertz CT molecular complexity index is 1470. The van der Waals surface area contributed by atoms with Crippen LogP contribution in [0.3, 0.4) is 0 Å². The summed E-state index contributed by atoms with van der Waals surface area (Å²) in [6, 6.07) is 7.94. The number of alkyl halides is 3. The van der Waals surface area contributed by atoms with E-state index in [2.05, 4.69) is 36.2 Å². The lowest BCUT2D eigenvalue weighted by Gasteiger charge is -2.11. The highest BCUT2D eigenvalue weighted by molar-refractivity contribution is 9.18. The standard InChI is InChI=1S/C20H10BrClF3N5O2/c21-16(26)8-14(29-17-11(22)2-1-5-27-17)18-30-13-6-9-3-4-15(20(23,24)25)28-12(9)7-10(13)19(31)32-18/h1-8,26H,(H,27,29)/b14-8-,26-16?. The quantitative estimate of drug-likeness (QED) is 0.265. The van der Waals surface area contributed by atoms with Gasteiger partial charge in [0.15, 0.2) is 0 Å². The third-order valence-electron chi connectivity index (χ3n) is 4.24. The largest absolute Gasteiger partial charge is 0.433 e. The molecule has 0 spiro atoms. The van der Waals surface area contributed by atoms with E-state index in [4.69, 9.17) is 21.4 Å². The van der Waals surface area contributed by atoms with Gasteiger partial charge in [0.1, 0.15) is 17.2 Å². The summed E-state index contributed by atoms with van der Waals surface area (Å²) in [4.78, 5) is 24.6. The molecule has 0 atom stereocenters. The highest BCUT2D eigenvalue weighted by Gasteiger charge is 2.32. The number of nitrogens with zero attached hydrogens (tertiary/aromatic N) is 3. The summed E-state index contributed by atoms with van der Waals surface area (Å²) in [5, 5.41) is 11.1. The third-order valence-corrected chi connectivity index (χ3v) is 4.78. The summed E-state index contributed by atoms with van der Waals surface area (Å²) >= 11 is 9.10. The number of benzene rings is 1. The van der Waals surface area contributed by atoms with Crippen LogP contribution in [0.4, 0.5) is 19.0 Å². The first-order chi connectivity index (χ1) is 15.1. The summed E-state index contributed by atoms with van der Waals surface area (Å²) in [6.45, 7) is 0. The van der Waals surface area contributed by atoms with Gasteiger partial charge in [0, 0.05) is 11.6 Å². The van der Waals surface area contributed by atoms with Gasteiger partial charge in [-0.25, -0.2) is 19.7 Å². The van der Waals surface area contributed by atoms with Crippen molar-refractivity contribution in [2.45, 2.75) is 6.18 Å². The van der Waals surface area contributed by atoms with E-state index in [0.717, 1.165) is 6.07 Å². The summed E-state index contributed by atoms with van der Waals surface area (Å²) in [7, 11) is 0. The fraction of sp³-hybridized carbons (Fsp3) is 0.0500. The molecule has 3 heterocycles. The molecule has 0 saturated heterocycles. The first kappa shape index (κ1) is 21.9. The Morgan fingerprint density at radius 3 is 2.66 bits per heavy atom. The molecule has 0 bridgehead atoms. The third kappa shape index (κ3) is 4.48. The number of hydrogen-bond acceptors (Lipinski definition) is 7. The number of anilines is 1. The maximum atomic E-state index is 13.0. The van der Waals surface area contributed by atoms with Crippen molar-refractivity contribution >= 4 is 65.5 Å². The van der Waals surface area contributed by atoms with E-state index in [1.54, 1.807) is 12.1 Å². The average molecular weight is 525 g/mol. The van der Waals surface area contributed by atoms with E-state index >= 15 is 0 Å². The SMILES string of the molecule is N=C(Br)/C=C(\Nc1ncccc1Cl)c1nc2cc3ccc(C(F)(F)F)nc3cc2c(=O)o1. The van der Waals surface area contributed by atoms with Gasteiger partial charge in [-0.2, -0.15) is 13.2 Å². The molecule has 0 aliphatic rings. The Kier molecular flexibility index (Phi) is 5.70. The molecule has 4 aromatic rings. The summed E-state index contributed by atoms with van der Waals surface area (Å²) < 4.78 is 44.1. The molecule has 0 unspecified atom stereocenters. The van der Waals surface area contributed by atoms with Crippen LogP contribution in [0.5, 0.6) is 0 Å². The molecule has 0 amide bonds. The Morgan fingerprint density at radius 1 is 1.19 bits per heavy atom. The molecule has 0 radical (unpaired) electrons. The molecule has 7 nitrogen and oxygen atoms in total. The second kappa shape index (κ2) is 8.32. The van der Waals surface area contributed by atoms with Crippen LogP contribution >= 0.6 is 27.5 Å². The van der Waals surface area contributed by atoms with Gasteiger partial charge in [-0.05, 0) is 52.3 Å². The molecular weight excluding hydrogens is 515 g/mol. The molecule has 0 saturated carbocycles. The Morgan fingerprint density at radius 2 is 1.97 bits per heavy atom. The Balaban J connectivity index is 1.86. The number of hydrogen-bond donors (Lipinski definition) is 2. The first-order valence-corrected chi connectivity index (χ1v) is 9.95. The fourth-order valence-electron chi connectivity index (χ4n) is 2.85. The molecule has 0 fully saturated rings. The zero-order chi connectivity index (χ0) is 23.0. The van der Waals surface area contributed by atoms with E-state index < -0.39 is 17.5 Å². The summed E-state index contributed by atoms with van der Waals surface area (Å²) in [6.07, 6.45) is -1.84. The average Bonchev–Trinajstić information content (AvgIpc) is 2.72. The molecule has 0 aliphatic heterocycles. The molecule has 2 N–H and O–H groups in total. The minimum atomic E-state index is -4.62. The number of halogens is 5. The van der Waals surface area contributed by atoms with Crippen LogP contribution in [-0.2, 0) is 6.18 Å². The Hall–Kier alpha value is -3.31. The van der Waals surface area contributed by atoms with E-state index in [9.17, 15) is 18.0 Å². The zero-order valence-electron chi connectivity index (χ0n) is 15.7. The van der Waals surface area contributed by atoms with Crippen molar-refractivity contribution in [3.8, 4) is 0 Å². The molecular formula is C20H10BrClF3N5O2. The van der Waals surface area contributed by atoms with Crippen LogP contribution in [0, 0.1) is 5.41 Å². The van der Waals surface area contributed by atoms with E-state index in [1.165, 1.54) is 30.5 Å². The smallest absolute Gasteiger partial charge is 0.401 e. The number of rotatable bonds is 4. The summed E-state index contributed by atoms with van der Waals surface area (Å²) in [5.41, 5.74) is -1.66. The van der Waals surface area contributed by atoms with Gasteiger partial charge in [0.2, 0.25) is 5.89 Å². The first-order valence-electron chi connectivity index (χ1n) is 8.78. The molecule has 0 aliphatic carbocycles. The normalized spacial score (nSPS) is 12.3. The van der Waals surface area contributed by atoms with E-state index in [1.807, 2.05) is 0 Å². The molecule has 162 valence electrons. The monoisotopic (exact) mass is 523 g/mol. The van der Waals surface area contributed by atoms with Crippen LogP contribution < -0.4 is 10.9 Å². The number of allylic oxidation sites excluding steroid dienone is 1. The lowest BCUT2D eigenvalue weighted by molar-refractivity contribution is -0.140. The highest BCUT2D eigenvalue weighted by Crippen LogP contribution is 2.30. The number of pyridine rings is 2. The predicted octanol–water partition coefficient (Wildman–Crippen LogP) is 5.63. The summed E-state index contributed by atoms with van der Waals surface area (Å²) in [5.74, 6) is 0.0637. The molecule has 32 heavy (non-hydrogen) atoms. The maximum absolute atomic E-state index is 13.0. The number of aromatic nitrogens is 3. The molecule has 4 rings (SSSR count). The van der Waals surface area contributed by atoms with Crippen molar-refractivity contribution in [2.75, 3.05) is 5.32 Å². The minimum absolute atomic E-state index is 0.0226. The van der Waals surface area contributed by atoms with Gasteiger partial charge in [0.25, 0.3) is 0 Å². The van der Waals surface area contributed by atoms with Crippen LogP contribution in [0.25, 0.3) is 27.5 Å². The van der Waals surface area contributed by atoms with Gasteiger partial charge < -0.3 is 9.73 Å². The second-order valence-electron chi connectivity index (χ2n) is 6.43. The number of fused-ring (bicyclic) bond motifs is 2. The van der Waals surface area contributed by atoms with Gasteiger partial charge in [0.05, 0.1) is 26.1 Å². The predicted molar refractivity (Wildman–Crippen MR) is 118 cm³/mol. The van der Waals surface area contributed by atoms with Crippen molar-refractivity contribution in [3.63, 3.8) is 0 Å². The van der Waals surface area contributed by atoms with E-state index in [0.29, 0.717) is 5.39 Å². The van der Waals surface area contributed by atoms with Crippen molar-refractivity contribution in [1.82, 2.24) is 15.0 Å². The van der Waals surface area contributed by atoms with Crippen LogP contribution in [-0.4, -0.2) is 19.6 Å². The zero-order valence-corrected chi connectivity index (χ0v) is 18.0. The van der Waals surface area contributed by atoms with Crippen LogP contribution in [0.1, 0.15) is 11.6 Å². The molecule has 3 aromatic heterocycles. The molecule has 12 heteroatoms. The maximum Gasteiger partial charge on any atom is 0.433 e. The molecule has 1 aromatic carbocycles. The number of nitrogens with one attached hydrogen (secondary N) is 2. The van der Waals surface area contributed by atoms with Crippen molar-refractivity contribution < 1.29 is 17.6 Å². The van der Waals surface area contributed by atoms with Crippen molar-refractivity contribution in [1.29, 1.82) is 5.41 Å². The Labute approximate surface area is 190 Å².